The highest BCUT2D eigenvalue weighted by atomic mass is 16.2. The SMILES string of the molecule is Cc1cccc2c3c([nH]c12)CCN(C(=O)CC1C(=O)NCCN1C(C)C)C3. The molecule has 27 heavy (non-hydrogen) atoms. The van der Waals surface area contributed by atoms with Crippen LogP contribution in [0.4, 0.5) is 0 Å². The largest absolute Gasteiger partial charge is 0.358 e. The first kappa shape index (κ1) is 18.0. The summed E-state index contributed by atoms with van der Waals surface area (Å²) in [5.41, 5.74) is 4.87. The van der Waals surface area contributed by atoms with Crippen molar-refractivity contribution in [2.24, 2.45) is 0 Å². The van der Waals surface area contributed by atoms with Crippen molar-refractivity contribution in [3.63, 3.8) is 0 Å². The Morgan fingerprint density at radius 3 is 2.89 bits per heavy atom. The summed E-state index contributed by atoms with van der Waals surface area (Å²) in [6.45, 7) is 9.04. The summed E-state index contributed by atoms with van der Waals surface area (Å²) in [4.78, 5) is 33.0. The lowest BCUT2D eigenvalue weighted by Crippen LogP contribution is -2.58. The number of aromatic nitrogens is 1. The third kappa shape index (κ3) is 3.23. The number of piperazine rings is 1. The van der Waals surface area contributed by atoms with E-state index in [1.165, 1.54) is 27.7 Å². The first-order valence-electron chi connectivity index (χ1n) is 9.86. The molecule has 2 aromatic rings. The Kier molecular flexibility index (Phi) is 4.68. The molecule has 2 amide bonds. The Balaban J connectivity index is 1.53. The molecule has 1 aromatic heterocycles. The van der Waals surface area contributed by atoms with Gasteiger partial charge in [0.2, 0.25) is 11.8 Å². The van der Waals surface area contributed by atoms with Crippen LogP contribution in [0.3, 0.4) is 0 Å². The van der Waals surface area contributed by atoms with Gasteiger partial charge in [-0.3, -0.25) is 14.5 Å². The molecule has 0 bridgehead atoms. The fourth-order valence-corrected chi connectivity index (χ4v) is 4.45. The summed E-state index contributed by atoms with van der Waals surface area (Å²) in [6.07, 6.45) is 1.08. The molecule has 3 heterocycles. The molecule has 1 saturated heterocycles. The van der Waals surface area contributed by atoms with Crippen LogP contribution in [0, 0.1) is 6.92 Å². The van der Waals surface area contributed by atoms with Crippen molar-refractivity contribution in [1.29, 1.82) is 0 Å². The Morgan fingerprint density at radius 1 is 1.30 bits per heavy atom. The molecule has 2 N–H and O–H groups in total. The molecule has 0 saturated carbocycles. The van der Waals surface area contributed by atoms with Gasteiger partial charge < -0.3 is 15.2 Å². The third-order valence-electron chi connectivity index (χ3n) is 5.97. The molecule has 0 aliphatic carbocycles. The zero-order valence-corrected chi connectivity index (χ0v) is 16.3. The molecule has 6 heteroatoms. The average molecular weight is 368 g/mol. The highest BCUT2D eigenvalue weighted by Crippen LogP contribution is 2.30. The van der Waals surface area contributed by atoms with Crippen LogP contribution in [0.15, 0.2) is 18.2 Å². The second-order valence-electron chi connectivity index (χ2n) is 7.99. The van der Waals surface area contributed by atoms with Gasteiger partial charge >= 0.3 is 0 Å². The quantitative estimate of drug-likeness (QED) is 0.870. The fourth-order valence-electron chi connectivity index (χ4n) is 4.45. The molecule has 1 atom stereocenters. The predicted octanol–water partition coefficient (Wildman–Crippen LogP) is 1.96. The van der Waals surface area contributed by atoms with Gasteiger partial charge in [0.25, 0.3) is 0 Å². The van der Waals surface area contributed by atoms with Gasteiger partial charge in [0.15, 0.2) is 0 Å². The van der Waals surface area contributed by atoms with Crippen molar-refractivity contribution >= 4 is 22.7 Å². The summed E-state index contributed by atoms with van der Waals surface area (Å²) in [5, 5.41) is 4.12. The first-order valence-corrected chi connectivity index (χ1v) is 9.86. The molecular formula is C21H28N4O2. The van der Waals surface area contributed by atoms with Crippen LogP contribution in [0.2, 0.25) is 0 Å². The maximum absolute atomic E-state index is 13.0. The minimum absolute atomic E-state index is 0.0243. The molecule has 1 aromatic carbocycles. The number of para-hydroxylation sites is 1. The molecule has 1 fully saturated rings. The summed E-state index contributed by atoms with van der Waals surface area (Å²) in [6, 6.07) is 6.19. The van der Waals surface area contributed by atoms with E-state index in [2.05, 4.69) is 54.2 Å². The number of amides is 2. The topological polar surface area (TPSA) is 68.4 Å². The molecule has 0 radical (unpaired) electrons. The van der Waals surface area contributed by atoms with Crippen molar-refractivity contribution in [2.75, 3.05) is 19.6 Å². The lowest BCUT2D eigenvalue weighted by molar-refractivity contribution is -0.140. The number of carbonyl (C=O) groups is 2. The molecule has 1 unspecified atom stereocenters. The van der Waals surface area contributed by atoms with E-state index in [1.807, 2.05) is 4.90 Å². The standard InChI is InChI=1S/C21H28N4O2/c1-13(2)25-10-8-22-21(27)18(25)11-19(26)24-9-7-17-16(12-24)15-6-4-5-14(3)20(15)23-17/h4-6,13,18,23H,7-12H2,1-3H3,(H,22,27). The van der Waals surface area contributed by atoms with Crippen LogP contribution in [-0.2, 0) is 22.6 Å². The number of nitrogens with zero attached hydrogens (tertiary/aromatic N) is 2. The van der Waals surface area contributed by atoms with Crippen molar-refractivity contribution in [2.45, 2.75) is 52.2 Å². The van der Waals surface area contributed by atoms with E-state index in [0.717, 1.165) is 13.0 Å². The van der Waals surface area contributed by atoms with Gasteiger partial charge in [-0.1, -0.05) is 18.2 Å². The number of hydrogen-bond acceptors (Lipinski definition) is 3. The maximum atomic E-state index is 13.0. The normalized spacial score (nSPS) is 20.8. The van der Waals surface area contributed by atoms with E-state index in [4.69, 9.17) is 0 Å². The van der Waals surface area contributed by atoms with E-state index in [-0.39, 0.29) is 30.3 Å². The van der Waals surface area contributed by atoms with E-state index in [0.29, 0.717) is 19.6 Å². The van der Waals surface area contributed by atoms with Crippen LogP contribution < -0.4 is 5.32 Å². The molecule has 144 valence electrons. The summed E-state index contributed by atoms with van der Waals surface area (Å²) < 4.78 is 0. The predicted molar refractivity (Wildman–Crippen MR) is 105 cm³/mol. The second kappa shape index (κ2) is 7.00. The van der Waals surface area contributed by atoms with Crippen LogP contribution >= 0.6 is 0 Å². The van der Waals surface area contributed by atoms with E-state index in [9.17, 15) is 9.59 Å². The summed E-state index contributed by atoms with van der Waals surface area (Å²) in [7, 11) is 0. The molecule has 2 aliphatic heterocycles. The Bertz CT molecular complexity index is 886. The fraction of sp³-hybridized carbons (Fsp3) is 0.524. The van der Waals surface area contributed by atoms with E-state index in [1.54, 1.807) is 0 Å². The van der Waals surface area contributed by atoms with Gasteiger partial charge in [-0.2, -0.15) is 0 Å². The molecule has 2 aliphatic rings. The average Bonchev–Trinajstić information content (AvgIpc) is 3.02. The van der Waals surface area contributed by atoms with E-state index < -0.39 is 0 Å². The number of rotatable bonds is 3. The van der Waals surface area contributed by atoms with Crippen LogP contribution in [0.5, 0.6) is 0 Å². The molecule has 6 nitrogen and oxygen atoms in total. The number of benzene rings is 1. The minimum Gasteiger partial charge on any atom is -0.358 e. The second-order valence-corrected chi connectivity index (χ2v) is 7.99. The Hall–Kier alpha value is -2.34. The van der Waals surface area contributed by atoms with Crippen molar-refractivity contribution in [1.82, 2.24) is 20.1 Å². The lowest BCUT2D eigenvalue weighted by Gasteiger charge is -2.38. The van der Waals surface area contributed by atoms with Gasteiger partial charge in [-0.15, -0.1) is 0 Å². The lowest BCUT2D eigenvalue weighted by atomic mass is 10.0. The number of nitrogens with one attached hydrogen (secondary N) is 2. The molecule has 0 spiro atoms. The minimum atomic E-state index is -0.363. The van der Waals surface area contributed by atoms with E-state index >= 15 is 0 Å². The van der Waals surface area contributed by atoms with Gasteiger partial charge in [-0.05, 0) is 26.3 Å². The molecular weight excluding hydrogens is 340 g/mol. The number of aromatic amines is 1. The number of fused-ring (bicyclic) bond motifs is 3. The van der Waals surface area contributed by atoms with Gasteiger partial charge in [0.1, 0.15) is 0 Å². The van der Waals surface area contributed by atoms with Crippen molar-refractivity contribution in [3.8, 4) is 0 Å². The smallest absolute Gasteiger partial charge is 0.237 e. The van der Waals surface area contributed by atoms with Crippen LogP contribution in [-0.4, -0.2) is 58.3 Å². The van der Waals surface area contributed by atoms with Gasteiger partial charge in [-0.25, -0.2) is 0 Å². The monoisotopic (exact) mass is 368 g/mol. The van der Waals surface area contributed by atoms with Crippen molar-refractivity contribution < 1.29 is 9.59 Å². The Morgan fingerprint density at radius 2 is 2.11 bits per heavy atom. The number of hydrogen-bond donors (Lipinski definition) is 2. The number of aryl methyl sites for hydroxylation is 1. The number of carbonyl (C=O) groups excluding carboxylic acids is 2. The maximum Gasteiger partial charge on any atom is 0.237 e. The van der Waals surface area contributed by atoms with Gasteiger partial charge in [0, 0.05) is 60.8 Å². The van der Waals surface area contributed by atoms with Gasteiger partial charge in [0.05, 0.1) is 12.5 Å². The number of H-pyrrole nitrogens is 1. The highest BCUT2D eigenvalue weighted by molar-refractivity contribution is 5.90. The third-order valence-corrected chi connectivity index (χ3v) is 5.97. The zero-order valence-electron chi connectivity index (χ0n) is 16.3. The first-order chi connectivity index (χ1) is 13.0. The van der Waals surface area contributed by atoms with Crippen LogP contribution in [0.25, 0.3) is 10.9 Å². The highest BCUT2D eigenvalue weighted by Gasteiger charge is 2.35. The van der Waals surface area contributed by atoms with Crippen molar-refractivity contribution in [3.05, 3.63) is 35.0 Å². The summed E-state index contributed by atoms with van der Waals surface area (Å²) in [5.74, 6) is 0.0408. The Labute approximate surface area is 159 Å². The zero-order chi connectivity index (χ0) is 19.1. The van der Waals surface area contributed by atoms with Crippen LogP contribution in [0.1, 0.15) is 37.1 Å². The summed E-state index contributed by atoms with van der Waals surface area (Å²) >= 11 is 0. The molecule has 4 rings (SSSR count).